The zero-order valence-electron chi connectivity index (χ0n) is 9.94. The van der Waals surface area contributed by atoms with E-state index in [4.69, 9.17) is 5.11 Å². The lowest BCUT2D eigenvalue weighted by Gasteiger charge is -2.11. The van der Waals surface area contributed by atoms with E-state index in [9.17, 15) is 18.0 Å². The number of anilines is 1. The summed E-state index contributed by atoms with van der Waals surface area (Å²) in [5.74, 6) is -1.63. The molecule has 2 rings (SSSR count). The summed E-state index contributed by atoms with van der Waals surface area (Å²) in [6.45, 7) is 0.206. The summed E-state index contributed by atoms with van der Waals surface area (Å²) in [5.41, 5.74) is -0.589. The first-order valence-electron chi connectivity index (χ1n) is 5.44. The standard InChI is InChI=1S/C12H9F3N2O2S/c13-12(14,15)9-2-1-8(11(18)19)10(17-9)16-5-7-3-4-20-6-7/h1-4,6H,5H2,(H,16,17)(H,18,19). The van der Waals surface area contributed by atoms with E-state index in [0.717, 1.165) is 11.6 Å². The number of thiophene rings is 1. The third kappa shape index (κ3) is 3.27. The Morgan fingerprint density at radius 3 is 2.65 bits per heavy atom. The number of carboxylic acid groups (broad SMARTS) is 1. The number of nitrogens with zero attached hydrogens (tertiary/aromatic N) is 1. The van der Waals surface area contributed by atoms with Crippen LogP contribution in [0.4, 0.5) is 19.0 Å². The number of pyridine rings is 1. The first kappa shape index (κ1) is 14.3. The van der Waals surface area contributed by atoms with E-state index in [1.54, 1.807) is 11.4 Å². The third-order valence-corrected chi connectivity index (χ3v) is 3.19. The SMILES string of the molecule is O=C(O)c1ccc(C(F)(F)F)nc1NCc1ccsc1. The molecule has 8 heteroatoms. The molecular weight excluding hydrogens is 293 g/mol. The van der Waals surface area contributed by atoms with Gasteiger partial charge in [0.1, 0.15) is 17.1 Å². The van der Waals surface area contributed by atoms with Gasteiger partial charge in [0.2, 0.25) is 0 Å². The van der Waals surface area contributed by atoms with Crippen molar-refractivity contribution < 1.29 is 23.1 Å². The minimum Gasteiger partial charge on any atom is -0.478 e. The number of hydrogen-bond donors (Lipinski definition) is 2. The molecular formula is C12H9F3N2O2S. The number of hydrogen-bond acceptors (Lipinski definition) is 4. The van der Waals surface area contributed by atoms with Gasteiger partial charge in [-0.05, 0) is 34.5 Å². The van der Waals surface area contributed by atoms with Gasteiger partial charge in [0, 0.05) is 6.54 Å². The van der Waals surface area contributed by atoms with Crippen molar-refractivity contribution in [3.63, 3.8) is 0 Å². The van der Waals surface area contributed by atoms with Crippen LogP contribution in [-0.4, -0.2) is 16.1 Å². The Kier molecular flexibility index (Phi) is 3.93. The number of nitrogens with one attached hydrogen (secondary N) is 1. The van der Waals surface area contributed by atoms with Crippen LogP contribution in [-0.2, 0) is 12.7 Å². The van der Waals surface area contributed by atoms with Gasteiger partial charge in [-0.2, -0.15) is 24.5 Å². The Bertz CT molecular complexity index is 612. The molecule has 20 heavy (non-hydrogen) atoms. The molecule has 0 spiro atoms. The predicted octanol–water partition coefficient (Wildman–Crippen LogP) is 3.47. The highest BCUT2D eigenvalue weighted by atomic mass is 32.1. The molecule has 0 atom stereocenters. The molecule has 106 valence electrons. The molecule has 2 aromatic heterocycles. The Labute approximate surface area is 115 Å². The van der Waals surface area contributed by atoms with Gasteiger partial charge in [0.05, 0.1) is 0 Å². The minimum atomic E-state index is -4.62. The minimum absolute atomic E-state index is 0.206. The molecule has 0 fully saturated rings. The molecule has 0 saturated carbocycles. The van der Waals surface area contributed by atoms with Gasteiger partial charge in [0.25, 0.3) is 0 Å². The number of carboxylic acids is 1. The number of alkyl halides is 3. The summed E-state index contributed by atoms with van der Waals surface area (Å²) in [6.07, 6.45) is -4.62. The normalized spacial score (nSPS) is 11.3. The van der Waals surface area contributed by atoms with Gasteiger partial charge in [-0.3, -0.25) is 0 Å². The number of aromatic carboxylic acids is 1. The van der Waals surface area contributed by atoms with Crippen molar-refractivity contribution >= 4 is 23.1 Å². The number of carbonyl (C=O) groups is 1. The molecule has 0 bridgehead atoms. The van der Waals surface area contributed by atoms with E-state index in [0.29, 0.717) is 6.07 Å². The molecule has 4 nitrogen and oxygen atoms in total. The molecule has 0 radical (unpaired) electrons. The Hall–Kier alpha value is -2.09. The Morgan fingerprint density at radius 2 is 2.10 bits per heavy atom. The van der Waals surface area contributed by atoms with Crippen molar-refractivity contribution in [1.82, 2.24) is 4.98 Å². The average molecular weight is 302 g/mol. The molecule has 0 unspecified atom stereocenters. The first-order chi connectivity index (χ1) is 9.38. The molecule has 0 amide bonds. The second-order valence-corrected chi connectivity index (χ2v) is 4.66. The lowest BCUT2D eigenvalue weighted by Crippen LogP contribution is -2.14. The zero-order chi connectivity index (χ0) is 14.8. The van der Waals surface area contributed by atoms with E-state index >= 15 is 0 Å². The summed E-state index contributed by atoms with van der Waals surface area (Å²) in [4.78, 5) is 14.3. The van der Waals surface area contributed by atoms with Crippen molar-refractivity contribution in [2.24, 2.45) is 0 Å². The summed E-state index contributed by atoms with van der Waals surface area (Å²) in [7, 11) is 0. The summed E-state index contributed by atoms with van der Waals surface area (Å²) < 4.78 is 37.7. The second-order valence-electron chi connectivity index (χ2n) is 3.88. The van der Waals surface area contributed by atoms with Crippen LogP contribution in [0.2, 0.25) is 0 Å². The fourth-order valence-electron chi connectivity index (χ4n) is 1.50. The van der Waals surface area contributed by atoms with E-state index in [2.05, 4.69) is 10.3 Å². The third-order valence-electron chi connectivity index (χ3n) is 2.46. The zero-order valence-corrected chi connectivity index (χ0v) is 10.8. The molecule has 0 saturated heterocycles. The van der Waals surface area contributed by atoms with Gasteiger partial charge in [0.15, 0.2) is 0 Å². The first-order valence-corrected chi connectivity index (χ1v) is 6.38. The van der Waals surface area contributed by atoms with Gasteiger partial charge >= 0.3 is 12.1 Å². The van der Waals surface area contributed by atoms with E-state index in [1.165, 1.54) is 11.3 Å². The maximum absolute atomic E-state index is 12.6. The van der Waals surface area contributed by atoms with Gasteiger partial charge in [-0.1, -0.05) is 0 Å². The molecule has 0 aliphatic heterocycles. The average Bonchev–Trinajstić information content (AvgIpc) is 2.87. The maximum atomic E-state index is 12.6. The number of rotatable bonds is 4. The highest BCUT2D eigenvalue weighted by molar-refractivity contribution is 7.07. The van der Waals surface area contributed by atoms with Gasteiger partial charge < -0.3 is 10.4 Å². The smallest absolute Gasteiger partial charge is 0.433 e. The predicted molar refractivity (Wildman–Crippen MR) is 67.8 cm³/mol. The summed E-state index contributed by atoms with van der Waals surface area (Å²) in [6, 6.07) is 3.33. The van der Waals surface area contributed by atoms with Crippen molar-refractivity contribution in [3.8, 4) is 0 Å². The largest absolute Gasteiger partial charge is 0.478 e. The molecule has 0 aliphatic rings. The molecule has 0 aromatic carbocycles. The fourth-order valence-corrected chi connectivity index (χ4v) is 2.17. The summed E-state index contributed by atoms with van der Waals surface area (Å²) in [5, 5.41) is 15.2. The van der Waals surface area contributed by atoms with Gasteiger partial charge in [-0.25, -0.2) is 9.78 Å². The van der Waals surface area contributed by atoms with Crippen molar-refractivity contribution in [2.45, 2.75) is 12.7 Å². The van der Waals surface area contributed by atoms with Crippen LogP contribution < -0.4 is 5.32 Å². The molecule has 0 aliphatic carbocycles. The van der Waals surface area contributed by atoms with Crippen molar-refractivity contribution in [3.05, 3.63) is 45.8 Å². The highest BCUT2D eigenvalue weighted by Gasteiger charge is 2.33. The molecule has 2 N–H and O–H groups in total. The van der Waals surface area contributed by atoms with E-state index in [-0.39, 0.29) is 17.9 Å². The Morgan fingerprint density at radius 1 is 1.35 bits per heavy atom. The van der Waals surface area contributed by atoms with E-state index < -0.39 is 17.8 Å². The van der Waals surface area contributed by atoms with Crippen LogP contribution in [0.25, 0.3) is 0 Å². The van der Waals surface area contributed by atoms with Crippen LogP contribution in [0.5, 0.6) is 0 Å². The van der Waals surface area contributed by atoms with Crippen LogP contribution in [0.15, 0.2) is 29.0 Å². The number of halogens is 3. The second kappa shape index (κ2) is 5.49. The quantitative estimate of drug-likeness (QED) is 0.907. The molecule has 2 aromatic rings. The van der Waals surface area contributed by atoms with Crippen LogP contribution in [0.1, 0.15) is 21.6 Å². The number of aromatic nitrogens is 1. The van der Waals surface area contributed by atoms with Crippen molar-refractivity contribution in [2.75, 3.05) is 5.32 Å². The van der Waals surface area contributed by atoms with Crippen LogP contribution >= 0.6 is 11.3 Å². The van der Waals surface area contributed by atoms with Gasteiger partial charge in [-0.15, -0.1) is 0 Å². The van der Waals surface area contributed by atoms with Crippen LogP contribution in [0, 0.1) is 0 Å². The monoisotopic (exact) mass is 302 g/mol. The van der Waals surface area contributed by atoms with E-state index in [1.807, 2.05) is 5.38 Å². The maximum Gasteiger partial charge on any atom is 0.433 e. The lowest BCUT2D eigenvalue weighted by molar-refractivity contribution is -0.141. The fraction of sp³-hybridized carbons (Fsp3) is 0.167. The highest BCUT2D eigenvalue weighted by Crippen LogP contribution is 2.29. The van der Waals surface area contributed by atoms with Crippen molar-refractivity contribution in [1.29, 1.82) is 0 Å². The lowest BCUT2D eigenvalue weighted by atomic mass is 10.2. The molecule has 2 heterocycles. The topological polar surface area (TPSA) is 62.2 Å². The Balaban J connectivity index is 2.29. The summed E-state index contributed by atoms with van der Waals surface area (Å²) >= 11 is 1.44. The van der Waals surface area contributed by atoms with Crippen LogP contribution in [0.3, 0.4) is 0 Å².